The van der Waals surface area contributed by atoms with Crippen LogP contribution in [-0.2, 0) is 0 Å². The second-order valence-electron chi connectivity index (χ2n) is 7.21. The molecule has 1 aliphatic rings. The highest BCUT2D eigenvalue weighted by Gasteiger charge is 2.37. The second-order valence-corrected chi connectivity index (χ2v) is 7.21. The van der Waals surface area contributed by atoms with E-state index in [1.54, 1.807) is 14.0 Å². The van der Waals surface area contributed by atoms with Gasteiger partial charge in [0.1, 0.15) is 23.0 Å². The molecule has 0 saturated heterocycles. The molecule has 0 radical (unpaired) electrons. The number of benzene rings is 1. The number of methoxy groups -OCH3 is 1. The van der Waals surface area contributed by atoms with Crippen LogP contribution < -0.4 is 15.1 Å². The van der Waals surface area contributed by atoms with Gasteiger partial charge in [-0.3, -0.25) is 0 Å². The number of ether oxygens (including phenoxy) is 2. The first-order chi connectivity index (χ1) is 12.4. The van der Waals surface area contributed by atoms with Crippen LogP contribution in [0.25, 0.3) is 0 Å². The van der Waals surface area contributed by atoms with Crippen molar-refractivity contribution in [1.29, 1.82) is 0 Å². The van der Waals surface area contributed by atoms with Crippen molar-refractivity contribution in [3.8, 4) is 17.2 Å². The van der Waals surface area contributed by atoms with Crippen molar-refractivity contribution in [3.63, 3.8) is 0 Å². The van der Waals surface area contributed by atoms with Gasteiger partial charge in [0.25, 0.3) is 0 Å². The van der Waals surface area contributed by atoms with Crippen LogP contribution in [-0.4, -0.2) is 18.8 Å². The summed E-state index contributed by atoms with van der Waals surface area (Å²) >= 11 is 0. The summed E-state index contributed by atoms with van der Waals surface area (Å²) in [6, 6.07) is 7.42. The molecular formula is C21H26O5. The average Bonchev–Trinajstić information content (AvgIpc) is 3.42. The summed E-state index contributed by atoms with van der Waals surface area (Å²) in [6.07, 6.45) is 2.18. The van der Waals surface area contributed by atoms with Crippen LogP contribution in [0.5, 0.6) is 17.2 Å². The van der Waals surface area contributed by atoms with E-state index in [1.165, 1.54) is 0 Å². The molecule has 1 N–H and O–H groups in total. The Morgan fingerprint density at radius 1 is 1.15 bits per heavy atom. The largest absolute Gasteiger partial charge is 0.507 e. The van der Waals surface area contributed by atoms with Gasteiger partial charge in [-0.25, -0.2) is 4.79 Å². The van der Waals surface area contributed by atoms with Crippen molar-refractivity contribution in [2.75, 3.05) is 13.7 Å². The molecule has 3 rings (SSSR count). The minimum atomic E-state index is -0.454. The first kappa shape index (κ1) is 18.4. The Morgan fingerprint density at radius 3 is 2.31 bits per heavy atom. The number of rotatable bonds is 7. The van der Waals surface area contributed by atoms with Crippen molar-refractivity contribution < 1.29 is 19.0 Å². The maximum atomic E-state index is 12.1. The highest BCUT2D eigenvalue weighted by molar-refractivity contribution is 5.44. The minimum Gasteiger partial charge on any atom is -0.507 e. The molecule has 0 amide bonds. The van der Waals surface area contributed by atoms with Crippen molar-refractivity contribution in [1.82, 2.24) is 0 Å². The SMILES string of the molecule is COc1ccc(OCC(c2c(C)oc(=O)c(C(C)C)c2O)C2CC2)cc1. The predicted molar refractivity (Wildman–Crippen MR) is 99.4 cm³/mol. The van der Waals surface area contributed by atoms with E-state index in [1.807, 2.05) is 38.1 Å². The lowest BCUT2D eigenvalue weighted by atomic mass is 9.90. The molecule has 2 aromatic rings. The Labute approximate surface area is 153 Å². The fourth-order valence-electron chi connectivity index (χ4n) is 3.42. The van der Waals surface area contributed by atoms with Gasteiger partial charge in [0.15, 0.2) is 0 Å². The zero-order chi connectivity index (χ0) is 18.8. The smallest absolute Gasteiger partial charge is 0.343 e. The standard InChI is InChI=1S/C21H26O5/c1-12(2)18-20(22)19(13(3)26-21(18)23)17(14-5-6-14)11-25-16-9-7-15(24-4)8-10-16/h7-10,12,14,17,22H,5-6,11H2,1-4H3. The number of aromatic hydroxyl groups is 1. The molecule has 1 saturated carbocycles. The van der Waals surface area contributed by atoms with Crippen molar-refractivity contribution >= 4 is 0 Å². The zero-order valence-electron chi connectivity index (χ0n) is 15.7. The first-order valence-corrected chi connectivity index (χ1v) is 9.05. The normalized spacial score (nSPS) is 15.1. The van der Waals surface area contributed by atoms with Crippen LogP contribution in [0.1, 0.15) is 55.4 Å². The van der Waals surface area contributed by atoms with E-state index >= 15 is 0 Å². The zero-order valence-corrected chi connectivity index (χ0v) is 15.7. The van der Waals surface area contributed by atoms with E-state index in [0.717, 1.165) is 24.3 Å². The molecule has 0 aliphatic heterocycles. The summed E-state index contributed by atoms with van der Waals surface area (Å²) in [7, 11) is 1.63. The molecule has 0 bridgehead atoms. The van der Waals surface area contributed by atoms with Gasteiger partial charge in [0.2, 0.25) is 0 Å². The number of aryl methyl sites for hydroxylation is 1. The summed E-state index contributed by atoms with van der Waals surface area (Å²) in [6.45, 7) is 5.93. The lowest BCUT2D eigenvalue weighted by molar-refractivity contribution is 0.265. The molecular weight excluding hydrogens is 332 g/mol. The van der Waals surface area contributed by atoms with Gasteiger partial charge in [0, 0.05) is 11.5 Å². The molecule has 1 aromatic heterocycles. The third kappa shape index (κ3) is 3.71. The fourth-order valence-corrected chi connectivity index (χ4v) is 3.42. The first-order valence-electron chi connectivity index (χ1n) is 9.05. The molecule has 5 heteroatoms. The van der Waals surface area contributed by atoms with E-state index in [4.69, 9.17) is 13.9 Å². The monoisotopic (exact) mass is 358 g/mol. The van der Waals surface area contributed by atoms with Gasteiger partial charge >= 0.3 is 5.63 Å². The third-order valence-electron chi connectivity index (χ3n) is 4.98. The van der Waals surface area contributed by atoms with E-state index in [9.17, 15) is 9.90 Å². The Kier molecular flexibility index (Phi) is 5.25. The molecule has 1 aromatic carbocycles. The van der Waals surface area contributed by atoms with Crippen LogP contribution in [0, 0.1) is 12.8 Å². The van der Waals surface area contributed by atoms with Crippen LogP contribution in [0.2, 0.25) is 0 Å². The van der Waals surface area contributed by atoms with Crippen LogP contribution >= 0.6 is 0 Å². The molecule has 0 spiro atoms. The Balaban J connectivity index is 1.88. The second kappa shape index (κ2) is 7.44. The fraction of sp³-hybridized carbons (Fsp3) is 0.476. The van der Waals surface area contributed by atoms with Crippen molar-refractivity contribution in [2.24, 2.45) is 5.92 Å². The topological polar surface area (TPSA) is 68.9 Å². The summed E-state index contributed by atoms with van der Waals surface area (Å²) in [4.78, 5) is 12.1. The van der Waals surface area contributed by atoms with Gasteiger partial charge < -0.3 is 19.0 Å². The average molecular weight is 358 g/mol. The number of hydrogen-bond acceptors (Lipinski definition) is 5. The molecule has 1 unspecified atom stereocenters. The van der Waals surface area contributed by atoms with Gasteiger partial charge in [-0.05, 0) is 55.9 Å². The van der Waals surface area contributed by atoms with E-state index in [-0.39, 0.29) is 17.6 Å². The highest BCUT2D eigenvalue weighted by Crippen LogP contribution is 2.47. The molecule has 26 heavy (non-hydrogen) atoms. The third-order valence-corrected chi connectivity index (χ3v) is 4.98. The maximum absolute atomic E-state index is 12.1. The summed E-state index contributed by atoms with van der Waals surface area (Å²) in [5.41, 5.74) is 0.606. The molecule has 1 heterocycles. The summed E-state index contributed by atoms with van der Waals surface area (Å²) in [5.74, 6) is 2.40. The minimum absolute atomic E-state index is 0.000971. The molecule has 1 fully saturated rings. The van der Waals surface area contributed by atoms with Crippen LogP contribution in [0.15, 0.2) is 33.5 Å². The van der Waals surface area contributed by atoms with Crippen LogP contribution in [0.3, 0.4) is 0 Å². The Morgan fingerprint density at radius 2 is 1.77 bits per heavy atom. The molecule has 1 aliphatic carbocycles. The molecule has 1 atom stereocenters. The van der Waals surface area contributed by atoms with E-state index < -0.39 is 5.63 Å². The lowest BCUT2D eigenvalue weighted by Crippen LogP contribution is -2.18. The number of hydrogen-bond donors (Lipinski definition) is 1. The van der Waals surface area contributed by atoms with E-state index in [2.05, 4.69) is 0 Å². The molecule has 5 nitrogen and oxygen atoms in total. The lowest BCUT2D eigenvalue weighted by Gasteiger charge is -2.22. The Hall–Kier alpha value is -2.43. The Bertz CT molecular complexity index is 816. The van der Waals surface area contributed by atoms with Crippen molar-refractivity contribution in [2.45, 2.75) is 45.4 Å². The van der Waals surface area contributed by atoms with Crippen molar-refractivity contribution in [3.05, 3.63) is 51.6 Å². The van der Waals surface area contributed by atoms with Gasteiger partial charge in [-0.1, -0.05) is 13.8 Å². The predicted octanol–water partition coefficient (Wildman–Crippen LogP) is 4.36. The molecule has 140 valence electrons. The summed E-state index contributed by atoms with van der Waals surface area (Å²) in [5, 5.41) is 10.8. The summed E-state index contributed by atoms with van der Waals surface area (Å²) < 4.78 is 16.6. The van der Waals surface area contributed by atoms with Gasteiger partial charge in [-0.15, -0.1) is 0 Å². The van der Waals surface area contributed by atoms with Gasteiger partial charge in [-0.2, -0.15) is 0 Å². The van der Waals surface area contributed by atoms with Crippen LogP contribution in [0.4, 0.5) is 0 Å². The van der Waals surface area contributed by atoms with Gasteiger partial charge in [0.05, 0.1) is 19.3 Å². The van der Waals surface area contributed by atoms with E-state index in [0.29, 0.717) is 29.4 Å². The quantitative estimate of drug-likeness (QED) is 0.796. The highest BCUT2D eigenvalue weighted by atomic mass is 16.5. The maximum Gasteiger partial charge on any atom is 0.343 e.